The van der Waals surface area contributed by atoms with Crippen LogP contribution >= 0.6 is 0 Å². The number of carbonyl (C=O) groups excluding carboxylic acids is 2. The topological polar surface area (TPSA) is 112 Å². The Labute approximate surface area is 397 Å². The summed E-state index contributed by atoms with van der Waals surface area (Å²) in [5.41, 5.74) is 12.1. The number of aromatic hydroxyl groups is 2. The first-order valence-electron chi connectivity index (χ1n) is 22.2. The smallest absolute Gasteiger partial charge is 0.330 e. The molecule has 0 saturated heterocycles. The number of para-hydroxylation sites is 2. The van der Waals surface area contributed by atoms with Crippen LogP contribution in [0.25, 0.3) is 22.3 Å². The Kier molecular flexibility index (Phi) is 16.4. The van der Waals surface area contributed by atoms with Crippen molar-refractivity contribution in [1.29, 1.82) is 0 Å². The lowest BCUT2D eigenvalue weighted by Crippen LogP contribution is -2.28. The van der Waals surface area contributed by atoms with Crippen molar-refractivity contribution in [1.82, 2.24) is 0 Å². The summed E-state index contributed by atoms with van der Waals surface area (Å²) in [5.74, 6) is 1.05. The second-order valence-corrected chi connectivity index (χ2v) is 15.5. The maximum atomic E-state index is 11.3. The summed E-state index contributed by atoms with van der Waals surface area (Å²) in [6.07, 6.45) is 3.36. The largest absolute Gasteiger partial charge is 0.508 e. The van der Waals surface area contributed by atoms with E-state index in [1.807, 2.05) is 36.4 Å². The van der Waals surface area contributed by atoms with E-state index in [1.54, 1.807) is 48.5 Å². The van der Waals surface area contributed by atoms with Crippen molar-refractivity contribution in [2.45, 2.75) is 11.8 Å². The van der Waals surface area contributed by atoms with Crippen LogP contribution in [0.15, 0.2) is 232 Å². The van der Waals surface area contributed by atoms with Crippen LogP contribution in [-0.4, -0.2) is 48.6 Å². The molecule has 0 fully saturated rings. The summed E-state index contributed by atoms with van der Waals surface area (Å²) in [7, 11) is 0. The molecule has 0 bridgehead atoms. The lowest BCUT2D eigenvalue weighted by atomic mass is 9.68. The third-order valence-electron chi connectivity index (χ3n) is 11.3. The normalized spacial score (nSPS) is 11.6. The first kappa shape index (κ1) is 47.3. The number of ether oxygens (including phenoxy) is 4. The highest BCUT2D eigenvalue weighted by molar-refractivity contribution is 5.86. The van der Waals surface area contributed by atoms with E-state index in [4.69, 9.17) is 29.2 Å². The molecule has 0 radical (unpaired) electrons. The van der Waals surface area contributed by atoms with Gasteiger partial charge in [0.2, 0.25) is 0 Å². The molecule has 0 aromatic heterocycles. The fourth-order valence-corrected chi connectivity index (χ4v) is 8.28. The van der Waals surface area contributed by atoms with Crippen LogP contribution in [0.5, 0.6) is 23.0 Å². The molecule has 2 N–H and O–H groups in total. The highest BCUT2D eigenvalue weighted by Crippen LogP contribution is 2.56. The van der Waals surface area contributed by atoms with Crippen molar-refractivity contribution in [3.63, 3.8) is 0 Å². The van der Waals surface area contributed by atoms with Crippen LogP contribution in [0, 0.1) is 0 Å². The van der Waals surface area contributed by atoms with E-state index in [2.05, 4.69) is 134 Å². The summed E-state index contributed by atoms with van der Waals surface area (Å²) >= 11 is 0. The van der Waals surface area contributed by atoms with Gasteiger partial charge in [-0.2, -0.15) is 0 Å². The molecule has 0 atom stereocenters. The van der Waals surface area contributed by atoms with E-state index >= 15 is 0 Å². The summed E-state index contributed by atoms with van der Waals surface area (Å²) in [6, 6.07) is 67.8. The van der Waals surface area contributed by atoms with Crippen molar-refractivity contribution in [2.24, 2.45) is 0 Å². The molecule has 2 aliphatic rings. The zero-order chi connectivity index (χ0) is 47.6. The standard InChI is InChI=1S/C35H30O6.C13H10.2C6H6O/c1-3-33(36)40-23-21-38-27-17-13-25(14-18-27)35(26-15-19-28(20-16-26)39-22-24-41-34(37)4-2)31-11-7-5-9-29(31)30-10-6-8-12-32(30)35;1-3-7-12-10(5-1)9-11-6-2-4-8-13(11)12;2*7-6-4-2-1-3-5-6/h3-20H,1-2,21-24H2;1-8H,9H2;2*1-5,7H. The monoisotopic (exact) mass is 900 g/mol. The van der Waals surface area contributed by atoms with Gasteiger partial charge in [0.25, 0.3) is 0 Å². The number of phenols is 2. The molecule has 68 heavy (non-hydrogen) atoms. The fourth-order valence-electron chi connectivity index (χ4n) is 8.28. The maximum Gasteiger partial charge on any atom is 0.330 e. The van der Waals surface area contributed by atoms with Crippen molar-refractivity contribution in [3.8, 4) is 45.3 Å². The van der Waals surface area contributed by atoms with E-state index in [0.717, 1.165) is 29.7 Å². The van der Waals surface area contributed by atoms with Gasteiger partial charge in [0.1, 0.15) is 49.4 Å². The molecule has 10 rings (SSSR count). The van der Waals surface area contributed by atoms with Crippen LogP contribution in [-0.2, 0) is 30.9 Å². The van der Waals surface area contributed by atoms with Crippen molar-refractivity contribution < 1.29 is 38.7 Å². The molecule has 8 nitrogen and oxygen atoms in total. The predicted molar refractivity (Wildman–Crippen MR) is 268 cm³/mol. The zero-order valence-corrected chi connectivity index (χ0v) is 37.6. The van der Waals surface area contributed by atoms with Gasteiger partial charge in [0.15, 0.2) is 0 Å². The molecular formula is C60H52O8. The van der Waals surface area contributed by atoms with E-state index in [-0.39, 0.29) is 26.4 Å². The van der Waals surface area contributed by atoms with Gasteiger partial charge in [-0.25, -0.2) is 9.59 Å². The third-order valence-corrected chi connectivity index (χ3v) is 11.3. The Morgan fingerprint density at radius 1 is 0.426 bits per heavy atom. The number of benzene rings is 8. The number of rotatable bonds is 12. The summed E-state index contributed by atoms with van der Waals surface area (Å²) in [4.78, 5) is 22.6. The minimum absolute atomic E-state index is 0.141. The van der Waals surface area contributed by atoms with Crippen molar-refractivity contribution in [3.05, 3.63) is 265 Å². The molecule has 0 heterocycles. The van der Waals surface area contributed by atoms with Crippen molar-refractivity contribution >= 4 is 11.9 Å². The highest BCUT2D eigenvalue weighted by Gasteiger charge is 2.45. The minimum Gasteiger partial charge on any atom is -0.508 e. The zero-order valence-electron chi connectivity index (χ0n) is 37.6. The van der Waals surface area contributed by atoms with Gasteiger partial charge >= 0.3 is 11.9 Å². The Morgan fingerprint density at radius 2 is 0.765 bits per heavy atom. The molecule has 8 aromatic rings. The molecule has 0 aliphatic heterocycles. The minimum atomic E-state index is -0.566. The predicted octanol–water partition coefficient (Wildman–Crippen LogP) is 12.3. The Morgan fingerprint density at radius 3 is 1.12 bits per heavy atom. The van der Waals surface area contributed by atoms with Gasteiger partial charge in [-0.05, 0) is 111 Å². The number of phenolic OH excluding ortho intramolecular Hbond substituents is 2. The molecule has 2 aliphatic carbocycles. The van der Waals surface area contributed by atoms with Gasteiger partial charge in [-0.3, -0.25) is 0 Å². The second kappa shape index (κ2) is 23.5. The summed E-state index contributed by atoms with van der Waals surface area (Å²) < 4.78 is 21.6. The molecular weight excluding hydrogens is 849 g/mol. The highest BCUT2D eigenvalue weighted by atomic mass is 16.6. The molecule has 340 valence electrons. The summed E-state index contributed by atoms with van der Waals surface area (Å²) in [6.45, 7) is 7.56. The van der Waals surface area contributed by atoms with Gasteiger partial charge in [0.05, 0.1) is 5.41 Å². The number of carbonyl (C=O) groups is 2. The van der Waals surface area contributed by atoms with Crippen LogP contribution in [0.4, 0.5) is 0 Å². The Hall–Kier alpha value is -8.62. The van der Waals surface area contributed by atoms with E-state index in [1.165, 1.54) is 44.5 Å². The van der Waals surface area contributed by atoms with Crippen LogP contribution < -0.4 is 9.47 Å². The van der Waals surface area contributed by atoms with Gasteiger partial charge in [-0.15, -0.1) is 0 Å². The van der Waals surface area contributed by atoms with E-state index in [9.17, 15) is 9.59 Å². The van der Waals surface area contributed by atoms with E-state index < -0.39 is 17.4 Å². The van der Waals surface area contributed by atoms with Crippen LogP contribution in [0.1, 0.15) is 33.4 Å². The Balaban J connectivity index is 0.000000201. The quantitative estimate of drug-likeness (QED) is 0.0708. The van der Waals surface area contributed by atoms with Crippen molar-refractivity contribution in [2.75, 3.05) is 26.4 Å². The van der Waals surface area contributed by atoms with Crippen LogP contribution in [0.2, 0.25) is 0 Å². The fraction of sp³-hybridized carbons (Fsp3) is 0.100. The lowest BCUT2D eigenvalue weighted by Gasteiger charge is -2.34. The first-order chi connectivity index (χ1) is 33.3. The number of hydrogen-bond donors (Lipinski definition) is 2. The lowest BCUT2D eigenvalue weighted by molar-refractivity contribution is -0.139. The molecule has 0 saturated carbocycles. The molecule has 0 spiro atoms. The molecule has 8 heteroatoms. The number of esters is 2. The number of fused-ring (bicyclic) bond motifs is 6. The second-order valence-electron chi connectivity index (χ2n) is 15.5. The average molecular weight is 901 g/mol. The van der Waals surface area contributed by atoms with Crippen LogP contribution in [0.3, 0.4) is 0 Å². The molecule has 0 unspecified atom stereocenters. The van der Waals surface area contributed by atoms with Gasteiger partial charge in [0, 0.05) is 12.2 Å². The first-order valence-corrected chi connectivity index (χ1v) is 22.2. The van der Waals surface area contributed by atoms with Gasteiger partial charge in [-0.1, -0.05) is 171 Å². The molecule has 0 amide bonds. The van der Waals surface area contributed by atoms with E-state index in [0.29, 0.717) is 23.0 Å². The Bertz CT molecular complexity index is 2710. The summed E-state index contributed by atoms with van der Waals surface area (Å²) in [5, 5.41) is 17.3. The average Bonchev–Trinajstić information content (AvgIpc) is 3.92. The van der Waals surface area contributed by atoms with Gasteiger partial charge < -0.3 is 29.2 Å². The molecule has 8 aromatic carbocycles. The third kappa shape index (κ3) is 11.6. The SMILES string of the molecule is C=CC(=O)OCCOc1ccc(C2(c3ccc(OCCOC(=O)C=C)cc3)c3ccccc3-c3ccccc32)cc1.Oc1ccccc1.Oc1ccccc1.c1ccc2c(c1)Cc1ccccc1-2. The maximum absolute atomic E-state index is 11.3. The number of hydrogen-bond acceptors (Lipinski definition) is 8.